The number of carbonyl (C=O) groups excluding carboxylic acids is 1. The van der Waals surface area contributed by atoms with Crippen molar-refractivity contribution in [3.05, 3.63) is 53.6 Å². The summed E-state index contributed by atoms with van der Waals surface area (Å²) in [5.41, 5.74) is 4.76. The fourth-order valence-corrected chi connectivity index (χ4v) is 12.6. The Bertz CT molecular complexity index is 1390. The van der Waals surface area contributed by atoms with Crippen LogP contribution in [0.15, 0.2) is 42.5 Å². The fourth-order valence-electron chi connectivity index (χ4n) is 12.6. The van der Waals surface area contributed by atoms with Crippen LogP contribution in [0.1, 0.15) is 115 Å². The van der Waals surface area contributed by atoms with E-state index < -0.39 is 5.97 Å². The van der Waals surface area contributed by atoms with Gasteiger partial charge in [-0.2, -0.15) is 0 Å². The van der Waals surface area contributed by atoms with E-state index in [2.05, 4.69) is 59.5 Å². The summed E-state index contributed by atoms with van der Waals surface area (Å²) in [7, 11) is 3.72. The summed E-state index contributed by atoms with van der Waals surface area (Å²) < 4.78 is 0. The summed E-state index contributed by atoms with van der Waals surface area (Å²) in [6.07, 6.45) is 13.0. The van der Waals surface area contributed by atoms with Crippen molar-refractivity contribution < 1.29 is 14.7 Å². The number of benzene rings is 1. The molecule has 4 fully saturated rings. The van der Waals surface area contributed by atoms with Crippen molar-refractivity contribution in [3.8, 4) is 0 Å². The number of allylic oxidation sites excluding steroid dienone is 3. The number of nitrogens with one attached hydrogen (secondary N) is 1. The van der Waals surface area contributed by atoms with Crippen molar-refractivity contribution in [2.24, 2.45) is 51.2 Å². The van der Waals surface area contributed by atoms with E-state index in [1.807, 2.05) is 26.2 Å². The van der Waals surface area contributed by atoms with E-state index in [0.29, 0.717) is 35.2 Å². The lowest BCUT2D eigenvalue weighted by Crippen LogP contribution is -2.68. The molecule has 9 atom stereocenters. The highest BCUT2D eigenvalue weighted by molar-refractivity contribution is 5.88. The molecule has 5 nitrogen and oxygen atoms in total. The largest absolute Gasteiger partial charge is 0.478 e. The number of carboxylic acids is 1. The summed E-state index contributed by atoms with van der Waals surface area (Å²) >= 11 is 0. The van der Waals surface area contributed by atoms with Crippen molar-refractivity contribution in [2.45, 2.75) is 105 Å². The Labute approximate surface area is 265 Å². The Morgan fingerprint density at radius 2 is 1.57 bits per heavy atom. The molecule has 2 N–H and O–H groups in total. The van der Waals surface area contributed by atoms with Gasteiger partial charge in [-0.25, -0.2) is 9.59 Å². The van der Waals surface area contributed by atoms with Gasteiger partial charge in [0.2, 0.25) is 0 Å². The highest BCUT2D eigenvalue weighted by Gasteiger charge is 2.70. The zero-order valence-corrected chi connectivity index (χ0v) is 28.6. The molecule has 0 unspecified atom stereocenters. The molecule has 5 aliphatic carbocycles. The second-order valence-electron chi connectivity index (χ2n) is 17.1. The van der Waals surface area contributed by atoms with Crippen LogP contribution < -0.4 is 5.32 Å². The first-order chi connectivity index (χ1) is 20.5. The summed E-state index contributed by atoms with van der Waals surface area (Å²) in [5.74, 6) is 1.86. The van der Waals surface area contributed by atoms with Crippen LogP contribution in [-0.4, -0.2) is 41.6 Å². The maximum absolute atomic E-state index is 13.2. The van der Waals surface area contributed by atoms with Gasteiger partial charge in [-0.3, -0.25) is 0 Å². The summed E-state index contributed by atoms with van der Waals surface area (Å²) in [4.78, 5) is 26.4. The first kappa shape index (κ1) is 31.4. The summed E-state index contributed by atoms with van der Waals surface area (Å²) in [6.45, 7) is 19.5. The number of amides is 2. The average molecular weight is 601 g/mol. The van der Waals surface area contributed by atoms with Crippen LogP contribution in [0, 0.1) is 51.2 Å². The van der Waals surface area contributed by atoms with Crippen LogP contribution in [0.5, 0.6) is 0 Å². The molecule has 44 heavy (non-hydrogen) atoms. The molecule has 0 aliphatic heterocycles. The minimum Gasteiger partial charge on any atom is -0.478 e. The number of nitrogens with zero attached hydrogens (tertiary/aromatic N) is 1. The molecule has 0 bridgehead atoms. The van der Waals surface area contributed by atoms with Crippen LogP contribution >= 0.6 is 0 Å². The number of carboxylic acid groups (broad SMARTS) is 1. The lowest BCUT2D eigenvalue weighted by molar-refractivity contribution is -0.218. The molecule has 2 amide bonds. The van der Waals surface area contributed by atoms with E-state index in [4.69, 9.17) is 0 Å². The van der Waals surface area contributed by atoms with E-state index in [1.54, 1.807) is 17.0 Å². The van der Waals surface area contributed by atoms with Crippen LogP contribution in [0.4, 0.5) is 4.79 Å². The first-order valence-corrected chi connectivity index (χ1v) is 17.2. The van der Waals surface area contributed by atoms with Crippen LogP contribution in [0.2, 0.25) is 0 Å². The minimum atomic E-state index is -0.871. The number of aromatic carboxylic acids is 1. The number of urea groups is 1. The molecule has 0 heterocycles. The third-order valence-electron chi connectivity index (χ3n) is 14.8. The summed E-state index contributed by atoms with van der Waals surface area (Å²) in [6, 6.07) is 7.60. The molecule has 0 spiro atoms. The van der Waals surface area contributed by atoms with Gasteiger partial charge >= 0.3 is 12.0 Å². The van der Waals surface area contributed by atoms with Crippen molar-refractivity contribution in [1.82, 2.24) is 10.2 Å². The third-order valence-corrected chi connectivity index (χ3v) is 14.8. The smallest absolute Gasteiger partial charge is 0.335 e. The van der Waals surface area contributed by atoms with E-state index in [0.717, 1.165) is 25.7 Å². The van der Waals surface area contributed by atoms with Crippen LogP contribution in [0.25, 0.3) is 5.57 Å². The third kappa shape index (κ3) is 4.23. The van der Waals surface area contributed by atoms with E-state index in [-0.39, 0.29) is 33.2 Å². The van der Waals surface area contributed by atoms with Gasteiger partial charge in [0.1, 0.15) is 0 Å². The molecule has 5 aliphatic rings. The van der Waals surface area contributed by atoms with Gasteiger partial charge in [0.15, 0.2) is 0 Å². The number of hydrogen-bond acceptors (Lipinski definition) is 2. The molecule has 1 aromatic rings. The lowest BCUT2D eigenvalue weighted by Gasteiger charge is -2.72. The van der Waals surface area contributed by atoms with Gasteiger partial charge < -0.3 is 15.3 Å². The van der Waals surface area contributed by atoms with Crippen molar-refractivity contribution in [1.29, 1.82) is 0 Å². The normalized spacial score (nSPS) is 42.1. The zero-order chi connectivity index (χ0) is 32.0. The fraction of sp³-hybridized carbons (Fsp3) is 0.692. The van der Waals surface area contributed by atoms with E-state index in [9.17, 15) is 14.7 Å². The molecule has 0 radical (unpaired) electrons. The molecular formula is C39H56N2O3. The Hall–Kier alpha value is -2.56. The maximum atomic E-state index is 13.2. The van der Waals surface area contributed by atoms with Gasteiger partial charge in [0.25, 0.3) is 0 Å². The molecule has 0 saturated heterocycles. The highest BCUT2D eigenvalue weighted by Crippen LogP contribution is 2.76. The monoisotopic (exact) mass is 600 g/mol. The van der Waals surface area contributed by atoms with E-state index in [1.165, 1.54) is 48.8 Å². The van der Waals surface area contributed by atoms with Gasteiger partial charge in [-0.15, -0.1) is 0 Å². The zero-order valence-electron chi connectivity index (χ0n) is 28.6. The molecule has 0 aromatic heterocycles. The Kier molecular flexibility index (Phi) is 7.30. The Balaban J connectivity index is 1.35. The number of carbonyl (C=O) groups is 2. The van der Waals surface area contributed by atoms with Gasteiger partial charge in [-0.1, -0.05) is 65.0 Å². The predicted molar refractivity (Wildman–Crippen MR) is 178 cm³/mol. The molecular weight excluding hydrogens is 544 g/mol. The molecule has 240 valence electrons. The molecule has 4 saturated carbocycles. The topological polar surface area (TPSA) is 69.6 Å². The Morgan fingerprint density at radius 1 is 0.886 bits per heavy atom. The maximum Gasteiger partial charge on any atom is 0.335 e. The number of fused-ring (bicyclic) bond motifs is 7. The lowest BCUT2D eigenvalue weighted by atomic mass is 9.33. The van der Waals surface area contributed by atoms with Crippen molar-refractivity contribution in [2.75, 3.05) is 14.1 Å². The molecule has 6 rings (SSSR count). The standard InChI is InChI=1S/C39H56N2O3/c1-24(2)27-16-21-39(40-34(44)41(8)9)23-22-37(6)29(32(27)39)14-15-31-36(5)19-17-28(25-10-12-26(13-11-25)33(42)43)35(3,4)30(36)18-20-38(31,37)7/h10-13,17,27,29-32H,1,14-16,18-23H2,2-9H3,(H,40,44)(H,42,43)/t27-,29+,30-,31+,32+,36-,37+,38+,39-/m0/s1. The minimum absolute atomic E-state index is 0.00546. The molecule has 5 heteroatoms. The number of rotatable bonds is 4. The predicted octanol–water partition coefficient (Wildman–Crippen LogP) is 9.06. The quantitative estimate of drug-likeness (QED) is 0.339. The van der Waals surface area contributed by atoms with E-state index >= 15 is 0 Å². The first-order valence-electron chi connectivity index (χ1n) is 17.2. The van der Waals surface area contributed by atoms with Crippen LogP contribution in [-0.2, 0) is 0 Å². The SMILES string of the molecule is C=C(C)[C@@H]1CC[C@]2(NC(=O)N(C)C)CC[C@]3(C)[C@H](CC[C@@H]4[C@@]5(C)CC=C(c6ccc(C(=O)O)cc6)C(C)(C)[C@@H]5CC[C@]43C)[C@@H]12. The second-order valence-corrected chi connectivity index (χ2v) is 17.1. The summed E-state index contributed by atoms with van der Waals surface area (Å²) in [5, 5.41) is 13.1. The van der Waals surface area contributed by atoms with Crippen LogP contribution in [0.3, 0.4) is 0 Å². The van der Waals surface area contributed by atoms with Crippen molar-refractivity contribution in [3.63, 3.8) is 0 Å². The number of hydrogen-bond donors (Lipinski definition) is 2. The Morgan fingerprint density at radius 3 is 2.18 bits per heavy atom. The highest BCUT2D eigenvalue weighted by atomic mass is 16.4. The average Bonchev–Trinajstić information content (AvgIpc) is 3.33. The van der Waals surface area contributed by atoms with Gasteiger partial charge in [0, 0.05) is 19.6 Å². The van der Waals surface area contributed by atoms with Gasteiger partial charge in [-0.05, 0) is 139 Å². The van der Waals surface area contributed by atoms with Gasteiger partial charge in [0.05, 0.1) is 5.56 Å². The molecule has 1 aromatic carbocycles. The second kappa shape index (κ2) is 10.2. The van der Waals surface area contributed by atoms with Crippen molar-refractivity contribution >= 4 is 17.6 Å².